The summed E-state index contributed by atoms with van der Waals surface area (Å²) in [6, 6.07) is 13.3. The van der Waals surface area contributed by atoms with E-state index in [0.717, 1.165) is 17.2 Å². The Morgan fingerprint density at radius 3 is 2.28 bits per heavy atom. The maximum atomic E-state index is 12.9. The van der Waals surface area contributed by atoms with Crippen LogP contribution in [0.5, 0.6) is 5.75 Å². The number of hydrogen-bond acceptors (Lipinski definition) is 4. The van der Waals surface area contributed by atoms with Crippen LogP contribution in [0.4, 0.5) is 0 Å². The molecule has 2 saturated carbocycles. The van der Waals surface area contributed by atoms with Gasteiger partial charge in [-0.05, 0) is 53.0 Å². The Bertz CT molecular complexity index is 1050. The molecule has 0 aromatic heterocycles. The Hall–Kier alpha value is -2.95. The molecule has 5 aliphatic rings. The van der Waals surface area contributed by atoms with Gasteiger partial charge in [0, 0.05) is 6.54 Å². The van der Waals surface area contributed by atoms with Gasteiger partial charge in [-0.3, -0.25) is 19.3 Å². The second kappa shape index (κ2) is 6.02. The van der Waals surface area contributed by atoms with E-state index in [4.69, 9.17) is 4.74 Å². The third kappa shape index (κ3) is 2.49. The number of carbonyl (C=O) groups is 3. The maximum Gasteiger partial charge on any atom is 0.312 e. The topological polar surface area (TPSA) is 63.7 Å². The number of likely N-dealkylation sites (tertiary alicyclic amines) is 1. The molecule has 4 aliphatic carbocycles. The minimum Gasteiger partial charge on any atom is -0.426 e. The molecule has 1 saturated heterocycles. The molecule has 2 bridgehead atoms. The Kier molecular flexibility index (Phi) is 3.52. The molecule has 1 aliphatic heterocycles. The van der Waals surface area contributed by atoms with Crippen molar-refractivity contribution in [1.82, 2.24) is 4.90 Å². The van der Waals surface area contributed by atoms with Crippen LogP contribution in [-0.2, 0) is 14.4 Å². The predicted octanol–water partition coefficient (Wildman–Crippen LogP) is 3.19. The summed E-state index contributed by atoms with van der Waals surface area (Å²) >= 11 is 0. The smallest absolute Gasteiger partial charge is 0.312 e. The average molecular weight is 387 g/mol. The molecule has 146 valence electrons. The van der Waals surface area contributed by atoms with Gasteiger partial charge in [0.15, 0.2) is 0 Å². The molecule has 0 N–H and O–H groups in total. The quantitative estimate of drug-likeness (QED) is 0.350. The summed E-state index contributed by atoms with van der Waals surface area (Å²) in [4.78, 5) is 39.5. The van der Waals surface area contributed by atoms with Gasteiger partial charge in [0.1, 0.15) is 5.75 Å². The van der Waals surface area contributed by atoms with Gasteiger partial charge in [-0.2, -0.15) is 0 Å². The highest BCUT2D eigenvalue weighted by molar-refractivity contribution is 6.06. The number of rotatable bonds is 4. The number of ether oxygens (including phenoxy) is 1. The van der Waals surface area contributed by atoms with Crippen molar-refractivity contribution in [2.75, 3.05) is 6.54 Å². The van der Waals surface area contributed by atoms with Crippen LogP contribution in [0.15, 0.2) is 54.6 Å². The molecule has 5 nitrogen and oxygen atoms in total. The number of amides is 2. The number of imide groups is 1. The Balaban J connectivity index is 1.13. The van der Waals surface area contributed by atoms with Crippen LogP contribution < -0.4 is 4.74 Å². The molecular formula is C24H21NO4. The molecule has 1 heterocycles. The zero-order valence-corrected chi connectivity index (χ0v) is 15.9. The second-order valence-corrected chi connectivity index (χ2v) is 8.72. The Labute approximate surface area is 168 Å². The minimum absolute atomic E-state index is 0.0133. The van der Waals surface area contributed by atoms with Crippen molar-refractivity contribution in [1.29, 1.82) is 0 Å². The highest BCUT2D eigenvalue weighted by atomic mass is 16.5. The highest BCUT2D eigenvalue weighted by Crippen LogP contribution is 2.65. The summed E-state index contributed by atoms with van der Waals surface area (Å²) < 4.78 is 5.45. The van der Waals surface area contributed by atoms with E-state index in [0.29, 0.717) is 17.6 Å². The van der Waals surface area contributed by atoms with Crippen molar-refractivity contribution in [2.45, 2.75) is 12.8 Å². The third-order valence-corrected chi connectivity index (χ3v) is 7.25. The summed E-state index contributed by atoms with van der Waals surface area (Å²) in [6.07, 6.45) is 5.47. The molecule has 2 aromatic carbocycles. The van der Waals surface area contributed by atoms with Crippen molar-refractivity contribution in [3.05, 3.63) is 54.6 Å². The van der Waals surface area contributed by atoms with E-state index in [9.17, 15) is 14.4 Å². The van der Waals surface area contributed by atoms with Crippen LogP contribution in [0.1, 0.15) is 12.8 Å². The molecule has 0 radical (unpaired) electrons. The molecule has 7 rings (SSSR count). The number of fused-ring (bicyclic) bond motifs is 1. The first-order valence-electron chi connectivity index (χ1n) is 10.3. The lowest BCUT2D eigenvalue weighted by Gasteiger charge is -2.37. The van der Waals surface area contributed by atoms with Crippen LogP contribution in [0, 0.1) is 35.5 Å². The molecule has 0 spiro atoms. The number of hydrogen-bond donors (Lipinski definition) is 0. The van der Waals surface area contributed by atoms with E-state index in [1.165, 1.54) is 4.90 Å². The van der Waals surface area contributed by atoms with Crippen molar-refractivity contribution < 1.29 is 19.1 Å². The van der Waals surface area contributed by atoms with Crippen LogP contribution in [-0.4, -0.2) is 29.2 Å². The second-order valence-electron chi connectivity index (χ2n) is 8.72. The first-order chi connectivity index (χ1) is 14.1. The Morgan fingerprint density at radius 2 is 1.59 bits per heavy atom. The van der Waals surface area contributed by atoms with Gasteiger partial charge in [0.25, 0.3) is 0 Å². The van der Waals surface area contributed by atoms with Crippen LogP contribution in [0.3, 0.4) is 0 Å². The number of nitrogens with zero attached hydrogens (tertiary/aromatic N) is 1. The van der Waals surface area contributed by atoms with Gasteiger partial charge in [-0.25, -0.2) is 0 Å². The third-order valence-electron chi connectivity index (χ3n) is 7.25. The van der Waals surface area contributed by atoms with Gasteiger partial charge in [-0.15, -0.1) is 0 Å². The fraction of sp³-hybridized carbons (Fsp3) is 0.375. The highest BCUT2D eigenvalue weighted by Gasteiger charge is 2.66. The molecule has 0 unspecified atom stereocenters. The van der Waals surface area contributed by atoms with Gasteiger partial charge < -0.3 is 4.74 Å². The standard InChI is InChI=1S/C24H21NO4/c26-20(29-15-6-5-13-3-1-2-4-14(13)11-15)9-10-25-23(27)21-16-7-8-17(19-12-18(16)19)22(21)24(25)28/h1-8,11,16-19,21-22H,9-10,12H2/t16-,17+,18-,19-,21+,22-/m1/s1. The maximum absolute atomic E-state index is 12.9. The number of allylic oxidation sites excluding steroid dienone is 2. The van der Waals surface area contributed by atoms with E-state index in [1.54, 1.807) is 6.07 Å². The lowest BCUT2D eigenvalue weighted by atomic mass is 9.63. The lowest BCUT2D eigenvalue weighted by molar-refractivity contribution is -0.141. The van der Waals surface area contributed by atoms with Gasteiger partial charge in [0.05, 0.1) is 18.3 Å². The van der Waals surface area contributed by atoms with Crippen molar-refractivity contribution in [2.24, 2.45) is 35.5 Å². The van der Waals surface area contributed by atoms with Crippen molar-refractivity contribution in [3.8, 4) is 5.75 Å². The predicted molar refractivity (Wildman–Crippen MR) is 106 cm³/mol. The van der Waals surface area contributed by atoms with E-state index in [2.05, 4.69) is 12.2 Å². The van der Waals surface area contributed by atoms with E-state index < -0.39 is 5.97 Å². The average Bonchev–Trinajstić information content (AvgIpc) is 3.51. The van der Waals surface area contributed by atoms with Gasteiger partial charge in [0.2, 0.25) is 11.8 Å². The SMILES string of the molecule is O=C(CCN1C(=O)[C@@H]2[C@H]3C=C[C@H]([C@H]4C[C@H]34)[C@@H]2C1=O)Oc1ccc2ccccc2c1. The molecule has 5 heteroatoms. The number of carbonyl (C=O) groups excluding carboxylic acids is 3. The summed E-state index contributed by atoms with van der Waals surface area (Å²) in [5.41, 5.74) is 0. The van der Waals surface area contributed by atoms with Crippen molar-refractivity contribution in [3.63, 3.8) is 0 Å². The molecule has 2 amide bonds. The van der Waals surface area contributed by atoms with E-state index in [1.807, 2.05) is 36.4 Å². The molecular weight excluding hydrogens is 366 g/mol. The Morgan fingerprint density at radius 1 is 0.931 bits per heavy atom. The van der Waals surface area contributed by atoms with E-state index in [-0.39, 0.29) is 48.5 Å². The van der Waals surface area contributed by atoms with Crippen molar-refractivity contribution >= 4 is 28.6 Å². The summed E-state index contributed by atoms with van der Waals surface area (Å²) in [5.74, 6) is 1.02. The summed E-state index contributed by atoms with van der Waals surface area (Å²) in [6.45, 7) is 0.103. The number of esters is 1. The van der Waals surface area contributed by atoms with Crippen LogP contribution in [0.2, 0.25) is 0 Å². The fourth-order valence-corrected chi connectivity index (χ4v) is 5.86. The minimum atomic E-state index is -0.431. The first-order valence-corrected chi connectivity index (χ1v) is 10.3. The van der Waals surface area contributed by atoms with E-state index >= 15 is 0 Å². The van der Waals surface area contributed by atoms with Crippen LogP contribution in [0.25, 0.3) is 10.8 Å². The normalized spacial score (nSPS) is 33.7. The van der Waals surface area contributed by atoms with Crippen LogP contribution >= 0.6 is 0 Å². The number of benzene rings is 2. The summed E-state index contributed by atoms with van der Waals surface area (Å²) in [7, 11) is 0. The monoisotopic (exact) mass is 387 g/mol. The van der Waals surface area contributed by atoms with Gasteiger partial charge >= 0.3 is 5.97 Å². The lowest BCUT2D eigenvalue weighted by Crippen LogP contribution is -2.40. The zero-order valence-electron chi connectivity index (χ0n) is 15.9. The fourth-order valence-electron chi connectivity index (χ4n) is 5.86. The largest absolute Gasteiger partial charge is 0.426 e. The summed E-state index contributed by atoms with van der Waals surface area (Å²) in [5, 5.41) is 2.07. The first kappa shape index (κ1) is 17.0. The molecule has 29 heavy (non-hydrogen) atoms. The van der Waals surface area contributed by atoms with Gasteiger partial charge in [-0.1, -0.05) is 42.5 Å². The molecule has 2 aromatic rings. The molecule has 6 atom stereocenters. The zero-order chi connectivity index (χ0) is 19.7. The molecule has 3 fully saturated rings.